The van der Waals surface area contributed by atoms with Crippen molar-refractivity contribution in [3.05, 3.63) is 54.2 Å². The van der Waals surface area contributed by atoms with Crippen molar-refractivity contribution in [2.75, 3.05) is 36.4 Å². The molecular weight excluding hydrogens is 312 g/mol. The molecule has 1 N–H and O–H groups in total. The second-order valence-electron chi connectivity index (χ2n) is 6.52. The predicted molar refractivity (Wildman–Crippen MR) is 102 cm³/mol. The van der Waals surface area contributed by atoms with Crippen molar-refractivity contribution in [1.82, 2.24) is 9.88 Å². The third-order valence-electron chi connectivity index (χ3n) is 4.88. The smallest absolute Gasteiger partial charge is 0.321 e. The molecule has 1 atom stereocenters. The number of nitrogens with one attached hydrogen (secondary N) is 1. The van der Waals surface area contributed by atoms with E-state index in [0.717, 1.165) is 31.0 Å². The summed E-state index contributed by atoms with van der Waals surface area (Å²) in [5, 5.41) is 3.00. The maximum absolute atomic E-state index is 12.5. The Bertz CT molecular complexity index is 679. The minimum atomic E-state index is -0.0306. The molecule has 1 aromatic heterocycles. The minimum Gasteiger partial charge on any atom is -0.353 e. The van der Waals surface area contributed by atoms with Crippen LogP contribution in [0, 0.1) is 0 Å². The molecule has 0 bridgehead atoms. The Kier molecular flexibility index (Phi) is 5.53. The number of anilines is 2. The van der Waals surface area contributed by atoms with E-state index in [4.69, 9.17) is 0 Å². The van der Waals surface area contributed by atoms with Gasteiger partial charge < -0.3 is 15.1 Å². The molecule has 0 unspecified atom stereocenters. The molecule has 0 aliphatic carbocycles. The summed E-state index contributed by atoms with van der Waals surface area (Å²) < 4.78 is 0. The van der Waals surface area contributed by atoms with Gasteiger partial charge in [0.15, 0.2) is 0 Å². The van der Waals surface area contributed by atoms with Crippen LogP contribution >= 0.6 is 0 Å². The third kappa shape index (κ3) is 4.29. The van der Waals surface area contributed by atoms with Crippen LogP contribution in [0.3, 0.4) is 0 Å². The van der Waals surface area contributed by atoms with Gasteiger partial charge in [0.25, 0.3) is 0 Å². The van der Waals surface area contributed by atoms with Crippen LogP contribution in [0.15, 0.2) is 48.7 Å². The van der Waals surface area contributed by atoms with Crippen molar-refractivity contribution >= 4 is 17.5 Å². The van der Waals surface area contributed by atoms with Gasteiger partial charge in [-0.15, -0.1) is 0 Å². The van der Waals surface area contributed by atoms with E-state index in [1.54, 1.807) is 6.20 Å². The van der Waals surface area contributed by atoms with Gasteiger partial charge in [-0.2, -0.15) is 0 Å². The minimum absolute atomic E-state index is 0.0306. The number of carbonyl (C=O) groups is 1. The number of nitrogens with zero attached hydrogens (tertiary/aromatic N) is 3. The summed E-state index contributed by atoms with van der Waals surface area (Å²) in [6.07, 6.45) is 2.92. The summed E-state index contributed by atoms with van der Waals surface area (Å²) in [7, 11) is 0. The summed E-state index contributed by atoms with van der Waals surface area (Å²) in [5.41, 5.74) is 2.16. The van der Waals surface area contributed by atoms with Crippen LogP contribution in [0.2, 0.25) is 0 Å². The van der Waals surface area contributed by atoms with E-state index in [9.17, 15) is 4.79 Å². The molecule has 132 valence electrons. The lowest BCUT2D eigenvalue weighted by Crippen LogP contribution is -2.50. The molecule has 5 heteroatoms. The van der Waals surface area contributed by atoms with Gasteiger partial charge in [-0.25, -0.2) is 9.78 Å². The molecule has 25 heavy (non-hydrogen) atoms. The molecule has 2 aromatic rings. The summed E-state index contributed by atoms with van der Waals surface area (Å²) in [6, 6.07) is 14.1. The number of hydrogen-bond donors (Lipinski definition) is 1. The Morgan fingerprint density at radius 1 is 1.12 bits per heavy atom. The molecule has 0 spiro atoms. The Morgan fingerprint density at radius 3 is 2.44 bits per heavy atom. The molecule has 2 heterocycles. The zero-order valence-electron chi connectivity index (χ0n) is 15.0. The number of benzene rings is 1. The molecule has 1 aromatic carbocycles. The van der Waals surface area contributed by atoms with E-state index in [1.807, 2.05) is 35.2 Å². The van der Waals surface area contributed by atoms with Gasteiger partial charge in [0.05, 0.1) is 0 Å². The van der Waals surface area contributed by atoms with E-state index in [0.29, 0.717) is 19.0 Å². The highest BCUT2D eigenvalue weighted by atomic mass is 16.2. The zero-order valence-corrected chi connectivity index (χ0v) is 15.0. The number of urea groups is 1. The fourth-order valence-corrected chi connectivity index (χ4v) is 3.01. The maximum Gasteiger partial charge on any atom is 0.321 e. The normalized spacial score (nSPS) is 15.8. The van der Waals surface area contributed by atoms with Crippen molar-refractivity contribution in [3.8, 4) is 0 Å². The average molecular weight is 338 g/mol. The molecule has 1 aliphatic rings. The first-order chi connectivity index (χ1) is 12.2. The highest BCUT2D eigenvalue weighted by Gasteiger charge is 2.21. The first kappa shape index (κ1) is 17.3. The number of rotatable bonds is 4. The van der Waals surface area contributed by atoms with Gasteiger partial charge in [-0.3, -0.25) is 0 Å². The fourth-order valence-electron chi connectivity index (χ4n) is 3.01. The van der Waals surface area contributed by atoms with Gasteiger partial charge >= 0.3 is 6.03 Å². The highest BCUT2D eigenvalue weighted by Crippen LogP contribution is 2.21. The molecule has 1 aliphatic heterocycles. The van der Waals surface area contributed by atoms with E-state index in [1.165, 1.54) is 5.56 Å². The third-order valence-corrected chi connectivity index (χ3v) is 4.88. The molecule has 5 nitrogen and oxygen atoms in total. The lowest BCUT2D eigenvalue weighted by Gasteiger charge is -2.35. The second kappa shape index (κ2) is 8.01. The SMILES string of the molecule is CC[C@@H](C)c1ccc(NC(=O)N2CCN(c3ccccn3)CC2)cc1. The molecule has 3 rings (SSSR count). The van der Waals surface area contributed by atoms with E-state index >= 15 is 0 Å². The lowest BCUT2D eigenvalue weighted by atomic mass is 9.99. The predicted octanol–water partition coefficient (Wildman–Crippen LogP) is 3.95. The van der Waals surface area contributed by atoms with Crippen LogP contribution in [-0.4, -0.2) is 42.1 Å². The first-order valence-corrected chi connectivity index (χ1v) is 8.99. The van der Waals surface area contributed by atoms with Crippen LogP contribution in [0.4, 0.5) is 16.3 Å². The van der Waals surface area contributed by atoms with Gasteiger partial charge in [0, 0.05) is 38.1 Å². The van der Waals surface area contributed by atoms with Crippen LogP contribution in [-0.2, 0) is 0 Å². The highest BCUT2D eigenvalue weighted by molar-refractivity contribution is 5.89. The van der Waals surface area contributed by atoms with Crippen molar-refractivity contribution in [3.63, 3.8) is 0 Å². The largest absolute Gasteiger partial charge is 0.353 e. The Balaban J connectivity index is 1.53. The van der Waals surface area contributed by atoms with Crippen LogP contribution in [0.1, 0.15) is 31.7 Å². The summed E-state index contributed by atoms with van der Waals surface area (Å²) >= 11 is 0. The van der Waals surface area contributed by atoms with Crippen molar-refractivity contribution in [2.24, 2.45) is 0 Å². The molecule has 0 radical (unpaired) electrons. The van der Waals surface area contributed by atoms with Crippen molar-refractivity contribution in [1.29, 1.82) is 0 Å². The topological polar surface area (TPSA) is 48.5 Å². The van der Waals surface area contributed by atoms with Crippen LogP contribution in [0.5, 0.6) is 0 Å². The zero-order chi connectivity index (χ0) is 17.6. The first-order valence-electron chi connectivity index (χ1n) is 8.99. The van der Waals surface area contributed by atoms with E-state index < -0.39 is 0 Å². The standard InChI is InChI=1S/C20H26N4O/c1-3-16(2)17-7-9-18(10-8-17)22-20(25)24-14-12-23(13-15-24)19-6-4-5-11-21-19/h4-11,16H,3,12-15H2,1-2H3,(H,22,25)/t16-/m1/s1. The van der Waals surface area contributed by atoms with Crippen LogP contribution in [0.25, 0.3) is 0 Å². The number of amides is 2. The number of aromatic nitrogens is 1. The monoisotopic (exact) mass is 338 g/mol. The summed E-state index contributed by atoms with van der Waals surface area (Å²) in [5.74, 6) is 1.52. The number of hydrogen-bond acceptors (Lipinski definition) is 3. The van der Waals surface area contributed by atoms with E-state index in [2.05, 4.69) is 41.2 Å². The molecule has 1 saturated heterocycles. The van der Waals surface area contributed by atoms with Crippen molar-refractivity contribution < 1.29 is 4.79 Å². The summed E-state index contributed by atoms with van der Waals surface area (Å²) in [4.78, 5) is 20.9. The Morgan fingerprint density at radius 2 is 1.84 bits per heavy atom. The van der Waals surface area contributed by atoms with Gasteiger partial charge in [0.1, 0.15) is 5.82 Å². The molecule has 2 amide bonds. The fraction of sp³-hybridized carbons (Fsp3) is 0.400. The number of pyridine rings is 1. The molecular formula is C20H26N4O. The lowest BCUT2D eigenvalue weighted by molar-refractivity contribution is 0.208. The van der Waals surface area contributed by atoms with Gasteiger partial charge in [-0.1, -0.05) is 32.0 Å². The second-order valence-corrected chi connectivity index (χ2v) is 6.52. The average Bonchev–Trinajstić information content (AvgIpc) is 2.68. The van der Waals surface area contributed by atoms with Crippen molar-refractivity contribution in [2.45, 2.75) is 26.2 Å². The number of carbonyl (C=O) groups excluding carboxylic acids is 1. The molecule has 1 fully saturated rings. The Labute approximate surface area is 149 Å². The number of piperazine rings is 1. The molecule has 0 saturated carbocycles. The van der Waals surface area contributed by atoms with Gasteiger partial charge in [-0.05, 0) is 42.2 Å². The van der Waals surface area contributed by atoms with Gasteiger partial charge in [0.2, 0.25) is 0 Å². The van der Waals surface area contributed by atoms with E-state index in [-0.39, 0.29) is 6.03 Å². The maximum atomic E-state index is 12.5. The Hall–Kier alpha value is -2.56. The summed E-state index contributed by atoms with van der Waals surface area (Å²) in [6.45, 7) is 7.41. The van der Waals surface area contributed by atoms with Crippen LogP contribution < -0.4 is 10.2 Å². The quantitative estimate of drug-likeness (QED) is 0.918.